The van der Waals surface area contributed by atoms with Crippen molar-refractivity contribution in [1.29, 1.82) is 0 Å². The Kier molecular flexibility index (Phi) is 6.67. The SMILES string of the molecule is CCCCCn1c(=O)c(C(=O)N/N=C\c2cccc(Cl)c2)c(O)c2ccccc21. The Balaban J connectivity index is 1.95. The van der Waals surface area contributed by atoms with E-state index < -0.39 is 11.5 Å². The van der Waals surface area contributed by atoms with Crippen LogP contribution >= 0.6 is 11.6 Å². The van der Waals surface area contributed by atoms with Gasteiger partial charge in [-0.2, -0.15) is 5.10 Å². The van der Waals surface area contributed by atoms with E-state index in [0.717, 1.165) is 19.3 Å². The lowest BCUT2D eigenvalue weighted by Gasteiger charge is -2.14. The Bertz CT molecular complexity index is 1120. The molecule has 0 saturated heterocycles. The molecule has 0 spiro atoms. The number of fused-ring (bicyclic) bond motifs is 1. The number of benzene rings is 2. The lowest BCUT2D eigenvalue weighted by Crippen LogP contribution is -2.31. The molecule has 1 aromatic heterocycles. The molecule has 3 aromatic rings. The molecule has 2 N–H and O–H groups in total. The third-order valence-electron chi connectivity index (χ3n) is 4.59. The van der Waals surface area contributed by atoms with Crippen molar-refractivity contribution in [1.82, 2.24) is 9.99 Å². The molecule has 7 heteroatoms. The summed E-state index contributed by atoms with van der Waals surface area (Å²) >= 11 is 5.92. The largest absolute Gasteiger partial charge is 0.506 e. The van der Waals surface area contributed by atoms with Crippen LogP contribution in [-0.2, 0) is 6.54 Å². The second kappa shape index (κ2) is 9.39. The molecular weight excluding hydrogens is 390 g/mol. The van der Waals surface area contributed by atoms with E-state index in [9.17, 15) is 14.7 Å². The van der Waals surface area contributed by atoms with E-state index in [-0.39, 0.29) is 11.3 Å². The Labute approximate surface area is 173 Å². The second-order valence-electron chi connectivity index (χ2n) is 6.66. The first-order valence-electron chi connectivity index (χ1n) is 9.46. The maximum absolute atomic E-state index is 13.0. The van der Waals surface area contributed by atoms with E-state index in [0.29, 0.717) is 28.0 Å². The molecule has 0 unspecified atom stereocenters. The topological polar surface area (TPSA) is 83.7 Å². The molecule has 0 aliphatic heterocycles. The first-order valence-corrected chi connectivity index (χ1v) is 9.84. The van der Waals surface area contributed by atoms with Crippen LogP contribution in [-0.4, -0.2) is 21.8 Å². The fourth-order valence-electron chi connectivity index (χ4n) is 3.14. The molecule has 0 atom stereocenters. The minimum atomic E-state index is -0.763. The molecule has 0 bridgehead atoms. The molecule has 3 rings (SSSR count). The van der Waals surface area contributed by atoms with E-state index in [1.165, 1.54) is 6.21 Å². The number of unbranched alkanes of at least 4 members (excludes halogenated alkanes) is 2. The van der Waals surface area contributed by atoms with Gasteiger partial charge in [-0.05, 0) is 36.2 Å². The highest BCUT2D eigenvalue weighted by molar-refractivity contribution is 6.30. The first-order chi connectivity index (χ1) is 14.0. The zero-order chi connectivity index (χ0) is 20.8. The van der Waals surface area contributed by atoms with Gasteiger partial charge >= 0.3 is 0 Å². The monoisotopic (exact) mass is 411 g/mol. The van der Waals surface area contributed by atoms with Crippen molar-refractivity contribution in [3.8, 4) is 5.75 Å². The van der Waals surface area contributed by atoms with Crippen LogP contribution in [0.5, 0.6) is 5.75 Å². The number of hydrazone groups is 1. The van der Waals surface area contributed by atoms with Gasteiger partial charge in [0.15, 0.2) is 0 Å². The number of nitrogens with zero attached hydrogens (tertiary/aromatic N) is 2. The van der Waals surface area contributed by atoms with E-state index in [1.807, 2.05) is 0 Å². The van der Waals surface area contributed by atoms with Gasteiger partial charge in [-0.25, -0.2) is 5.43 Å². The fraction of sp³-hybridized carbons (Fsp3) is 0.227. The van der Waals surface area contributed by atoms with Crippen molar-refractivity contribution in [2.24, 2.45) is 5.10 Å². The number of carbonyl (C=O) groups excluding carboxylic acids is 1. The zero-order valence-electron chi connectivity index (χ0n) is 16.1. The van der Waals surface area contributed by atoms with Crippen molar-refractivity contribution >= 4 is 34.6 Å². The minimum absolute atomic E-state index is 0.316. The van der Waals surface area contributed by atoms with Crippen molar-refractivity contribution in [3.05, 3.63) is 75.0 Å². The van der Waals surface area contributed by atoms with Gasteiger partial charge in [0.2, 0.25) is 0 Å². The molecule has 0 fully saturated rings. The number of pyridine rings is 1. The van der Waals surface area contributed by atoms with Crippen molar-refractivity contribution in [3.63, 3.8) is 0 Å². The van der Waals surface area contributed by atoms with Crippen LogP contribution in [0.3, 0.4) is 0 Å². The molecule has 1 amide bonds. The van der Waals surface area contributed by atoms with Crippen LogP contribution in [0, 0.1) is 0 Å². The van der Waals surface area contributed by atoms with Crippen LogP contribution in [0.1, 0.15) is 42.1 Å². The number of carbonyl (C=O) groups is 1. The predicted molar refractivity (Wildman–Crippen MR) is 116 cm³/mol. The van der Waals surface area contributed by atoms with Gasteiger partial charge in [0.05, 0.1) is 11.7 Å². The molecule has 0 radical (unpaired) electrons. The highest BCUT2D eigenvalue weighted by atomic mass is 35.5. The number of aromatic hydroxyl groups is 1. The third-order valence-corrected chi connectivity index (χ3v) is 4.82. The summed E-state index contributed by atoms with van der Waals surface area (Å²) in [6.07, 6.45) is 4.20. The zero-order valence-corrected chi connectivity index (χ0v) is 16.8. The summed E-state index contributed by atoms with van der Waals surface area (Å²) in [5, 5.41) is 15.5. The van der Waals surface area contributed by atoms with E-state index >= 15 is 0 Å². The molecule has 2 aromatic carbocycles. The van der Waals surface area contributed by atoms with Gasteiger partial charge in [-0.1, -0.05) is 55.6 Å². The van der Waals surface area contributed by atoms with Crippen LogP contribution in [0.25, 0.3) is 10.9 Å². The lowest BCUT2D eigenvalue weighted by atomic mass is 10.1. The number of hydrogen-bond acceptors (Lipinski definition) is 4. The maximum atomic E-state index is 13.0. The average molecular weight is 412 g/mol. The summed E-state index contributed by atoms with van der Waals surface area (Å²) < 4.78 is 1.54. The number of nitrogens with one attached hydrogen (secondary N) is 1. The van der Waals surface area contributed by atoms with Gasteiger partial charge in [0.1, 0.15) is 11.3 Å². The Morgan fingerprint density at radius 2 is 2.00 bits per heavy atom. The molecule has 150 valence electrons. The van der Waals surface area contributed by atoms with Gasteiger partial charge in [0, 0.05) is 17.0 Å². The quantitative estimate of drug-likeness (QED) is 0.345. The van der Waals surface area contributed by atoms with Gasteiger partial charge < -0.3 is 9.67 Å². The van der Waals surface area contributed by atoms with Gasteiger partial charge in [0.25, 0.3) is 11.5 Å². The van der Waals surface area contributed by atoms with Crippen LogP contribution in [0.2, 0.25) is 5.02 Å². The van der Waals surface area contributed by atoms with Crippen molar-refractivity contribution in [2.45, 2.75) is 32.7 Å². The highest BCUT2D eigenvalue weighted by Gasteiger charge is 2.21. The van der Waals surface area contributed by atoms with E-state index in [1.54, 1.807) is 53.1 Å². The molecule has 29 heavy (non-hydrogen) atoms. The molecule has 0 saturated carbocycles. The van der Waals surface area contributed by atoms with Crippen LogP contribution in [0.15, 0.2) is 58.4 Å². The van der Waals surface area contributed by atoms with Crippen molar-refractivity contribution < 1.29 is 9.90 Å². The van der Waals surface area contributed by atoms with Crippen LogP contribution in [0.4, 0.5) is 0 Å². The standard InChI is InChI=1S/C22H22ClN3O3/c1-2-3-6-12-26-18-11-5-4-10-17(18)20(27)19(22(26)29)21(28)25-24-14-15-8-7-9-16(23)13-15/h4-5,7-11,13-14,27H,2-3,6,12H2,1H3,(H,25,28)/b24-14-. The van der Waals surface area contributed by atoms with Gasteiger partial charge in [-0.3, -0.25) is 9.59 Å². The van der Waals surface area contributed by atoms with E-state index in [4.69, 9.17) is 11.6 Å². The van der Waals surface area contributed by atoms with Crippen molar-refractivity contribution in [2.75, 3.05) is 0 Å². The highest BCUT2D eigenvalue weighted by Crippen LogP contribution is 2.26. The third kappa shape index (κ3) is 4.66. The normalized spacial score (nSPS) is 11.2. The second-order valence-corrected chi connectivity index (χ2v) is 7.10. The number of hydrogen-bond donors (Lipinski definition) is 2. The molecule has 1 heterocycles. The first kappa shape index (κ1) is 20.6. The minimum Gasteiger partial charge on any atom is -0.506 e. The molecule has 0 aliphatic rings. The molecular formula is C22H22ClN3O3. The number of aryl methyl sites for hydroxylation is 1. The lowest BCUT2D eigenvalue weighted by molar-refractivity contribution is 0.0950. The summed E-state index contributed by atoms with van der Waals surface area (Å²) in [4.78, 5) is 25.6. The Morgan fingerprint density at radius 1 is 1.21 bits per heavy atom. The maximum Gasteiger partial charge on any atom is 0.280 e. The Morgan fingerprint density at radius 3 is 2.76 bits per heavy atom. The number of para-hydroxylation sites is 1. The summed E-state index contributed by atoms with van der Waals surface area (Å²) in [7, 11) is 0. The molecule has 0 aliphatic carbocycles. The molecule has 6 nitrogen and oxygen atoms in total. The summed E-state index contributed by atoms with van der Waals surface area (Å²) in [5.41, 5.74) is 2.77. The summed E-state index contributed by atoms with van der Waals surface area (Å²) in [6, 6.07) is 13.9. The predicted octanol–water partition coefficient (Wildman–Crippen LogP) is 4.31. The fourth-order valence-corrected chi connectivity index (χ4v) is 3.34. The summed E-state index contributed by atoms with van der Waals surface area (Å²) in [5.74, 6) is -1.10. The van der Waals surface area contributed by atoms with Crippen LogP contribution < -0.4 is 11.0 Å². The number of rotatable bonds is 7. The van der Waals surface area contributed by atoms with E-state index in [2.05, 4.69) is 17.5 Å². The number of aromatic nitrogens is 1. The smallest absolute Gasteiger partial charge is 0.280 e. The Hall–Kier alpha value is -3.12. The number of amides is 1. The average Bonchev–Trinajstić information content (AvgIpc) is 2.71. The van der Waals surface area contributed by atoms with Gasteiger partial charge in [-0.15, -0.1) is 0 Å². The summed E-state index contributed by atoms with van der Waals surface area (Å²) in [6.45, 7) is 2.55. The number of halogens is 1.